The summed E-state index contributed by atoms with van der Waals surface area (Å²) in [7, 11) is 0. The quantitative estimate of drug-likeness (QED) is 0.570. The van der Waals surface area contributed by atoms with E-state index in [9.17, 15) is 4.79 Å². The Morgan fingerprint density at radius 3 is 2.76 bits per heavy atom. The lowest BCUT2D eigenvalue weighted by molar-refractivity contribution is 0.301. The zero-order valence-corrected chi connectivity index (χ0v) is 13.4. The van der Waals surface area contributed by atoms with Gasteiger partial charge in [-0.15, -0.1) is 10.2 Å². The van der Waals surface area contributed by atoms with E-state index in [0.717, 1.165) is 11.3 Å². The molecule has 0 aliphatic carbocycles. The average Bonchev–Trinajstić information content (AvgIpc) is 3.15. The maximum Gasteiger partial charge on any atom is 0.258 e. The van der Waals surface area contributed by atoms with Crippen molar-refractivity contribution in [3.8, 4) is 17.2 Å². The van der Waals surface area contributed by atoms with E-state index < -0.39 is 0 Å². The summed E-state index contributed by atoms with van der Waals surface area (Å²) >= 11 is 0. The molecule has 3 aromatic heterocycles. The fraction of sp³-hybridized carbons (Fsp3) is 0.111. The van der Waals surface area contributed by atoms with Crippen LogP contribution in [-0.4, -0.2) is 19.6 Å². The highest BCUT2D eigenvalue weighted by Crippen LogP contribution is 2.20. The number of aryl methyl sites for hydroxylation is 1. The Kier molecular flexibility index (Phi) is 3.74. The number of hydrogen-bond donors (Lipinski definition) is 0. The summed E-state index contributed by atoms with van der Waals surface area (Å²) < 4.78 is 12.4. The number of ether oxygens (including phenoxy) is 1. The van der Waals surface area contributed by atoms with Gasteiger partial charge in [-0.2, -0.15) is 0 Å². The molecule has 0 fully saturated rings. The van der Waals surface area contributed by atoms with Crippen molar-refractivity contribution >= 4 is 5.65 Å². The molecule has 25 heavy (non-hydrogen) atoms. The summed E-state index contributed by atoms with van der Waals surface area (Å²) in [5.74, 6) is 1.11. The van der Waals surface area contributed by atoms with Gasteiger partial charge in [0.05, 0.1) is 5.69 Å². The first-order valence-corrected chi connectivity index (χ1v) is 7.68. The molecular formula is C18H14N4O3. The van der Waals surface area contributed by atoms with Crippen molar-refractivity contribution in [1.29, 1.82) is 0 Å². The molecule has 1 aromatic carbocycles. The number of hydrogen-bond acceptors (Lipinski definition) is 6. The monoisotopic (exact) mass is 334 g/mol. The molecule has 3 heterocycles. The van der Waals surface area contributed by atoms with E-state index in [4.69, 9.17) is 9.15 Å². The number of fused-ring (bicyclic) bond motifs is 1. The van der Waals surface area contributed by atoms with Crippen LogP contribution < -0.4 is 10.3 Å². The van der Waals surface area contributed by atoms with E-state index in [-0.39, 0.29) is 12.2 Å². The molecule has 0 radical (unpaired) electrons. The lowest BCUT2D eigenvalue weighted by atomic mass is 10.2. The normalized spacial score (nSPS) is 10.9. The van der Waals surface area contributed by atoms with Crippen LogP contribution in [0.1, 0.15) is 11.4 Å². The standard InChI is InChI=1S/C18H14N4O3/c1-12-3-2-4-16-20-14(9-17(23)22(12)16)10-24-15-7-5-13(6-8-15)18-21-19-11-25-18/h2-9,11H,10H2,1H3. The Hall–Kier alpha value is -3.48. The third-order valence-corrected chi connectivity index (χ3v) is 3.78. The molecule has 0 atom stereocenters. The van der Waals surface area contributed by atoms with Crippen LogP contribution in [0, 0.1) is 6.92 Å². The first-order chi connectivity index (χ1) is 12.2. The summed E-state index contributed by atoms with van der Waals surface area (Å²) in [6.45, 7) is 2.08. The molecule has 0 amide bonds. The first-order valence-electron chi connectivity index (χ1n) is 7.68. The third kappa shape index (κ3) is 2.99. The van der Waals surface area contributed by atoms with E-state index in [1.807, 2.05) is 31.2 Å². The van der Waals surface area contributed by atoms with E-state index in [1.54, 1.807) is 22.6 Å². The predicted molar refractivity (Wildman–Crippen MR) is 90.3 cm³/mol. The van der Waals surface area contributed by atoms with Crippen LogP contribution >= 0.6 is 0 Å². The lowest BCUT2D eigenvalue weighted by Gasteiger charge is -2.08. The SMILES string of the molecule is Cc1cccc2nc(COc3ccc(-c4nnco4)cc3)cc(=O)n12. The van der Waals surface area contributed by atoms with Gasteiger partial charge in [-0.05, 0) is 43.3 Å². The van der Waals surface area contributed by atoms with E-state index in [0.29, 0.717) is 23.0 Å². The smallest absolute Gasteiger partial charge is 0.258 e. The van der Waals surface area contributed by atoms with Gasteiger partial charge in [-0.25, -0.2) is 4.98 Å². The highest BCUT2D eigenvalue weighted by molar-refractivity contribution is 5.53. The van der Waals surface area contributed by atoms with Crippen LogP contribution in [0.15, 0.2) is 64.1 Å². The van der Waals surface area contributed by atoms with Gasteiger partial charge in [0.1, 0.15) is 18.0 Å². The highest BCUT2D eigenvalue weighted by Gasteiger charge is 2.06. The van der Waals surface area contributed by atoms with E-state index >= 15 is 0 Å². The molecular weight excluding hydrogens is 320 g/mol. The Balaban J connectivity index is 1.53. The van der Waals surface area contributed by atoms with Gasteiger partial charge in [0.25, 0.3) is 5.56 Å². The van der Waals surface area contributed by atoms with Crippen molar-refractivity contribution in [1.82, 2.24) is 19.6 Å². The molecule has 0 unspecified atom stereocenters. The molecule has 7 heteroatoms. The summed E-state index contributed by atoms with van der Waals surface area (Å²) in [5, 5.41) is 7.50. The Morgan fingerprint density at radius 1 is 1.16 bits per heavy atom. The Labute approximate surface area is 142 Å². The summed E-state index contributed by atoms with van der Waals surface area (Å²) in [4.78, 5) is 16.7. The number of nitrogens with zero attached hydrogens (tertiary/aromatic N) is 4. The Bertz CT molecular complexity index is 1070. The predicted octanol–water partition coefficient (Wildman–Crippen LogP) is 2.63. The fourth-order valence-electron chi connectivity index (χ4n) is 2.59. The summed E-state index contributed by atoms with van der Waals surface area (Å²) in [5.41, 5.74) is 2.73. The second kappa shape index (κ2) is 6.20. The van der Waals surface area contributed by atoms with Gasteiger partial charge in [0, 0.05) is 17.3 Å². The van der Waals surface area contributed by atoms with Crippen molar-refractivity contribution in [3.63, 3.8) is 0 Å². The van der Waals surface area contributed by atoms with Gasteiger partial charge in [-0.1, -0.05) is 6.07 Å². The van der Waals surface area contributed by atoms with Gasteiger partial charge < -0.3 is 9.15 Å². The summed E-state index contributed by atoms with van der Waals surface area (Å²) in [6, 6.07) is 14.3. The third-order valence-electron chi connectivity index (χ3n) is 3.78. The van der Waals surface area contributed by atoms with Crippen molar-refractivity contribution in [3.05, 3.63) is 76.7 Å². The van der Waals surface area contributed by atoms with Crippen LogP contribution in [0.2, 0.25) is 0 Å². The molecule has 7 nitrogen and oxygen atoms in total. The number of rotatable bonds is 4. The molecule has 124 valence electrons. The molecule has 0 spiro atoms. The highest BCUT2D eigenvalue weighted by atomic mass is 16.5. The first kappa shape index (κ1) is 15.1. The van der Waals surface area contributed by atoms with E-state index in [2.05, 4.69) is 15.2 Å². The lowest BCUT2D eigenvalue weighted by Crippen LogP contribution is -2.18. The average molecular weight is 334 g/mol. The van der Waals surface area contributed by atoms with Crippen molar-refractivity contribution < 1.29 is 9.15 Å². The maximum atomic E-state index is 12.3. The molecule has 0 saturated heterocycles. The molecule has 0 saturated carbocycles. The van der Waals surface area contributed by atoms with Crippen LogP contribution in [0.4, 0.5) is 0 Å². The van der Waals surface area contributed by atoms with Crippen LogP contribution in [-0.2, 0) is 6.61 Å². The molecule has 4 aromatic rings. The fourth-order valence-corrected chi connectivity index (χ4v) is 2.59. The van der Waals surface area contributed by atoms with Crippen molar-refractivity contribution in [2.45, 2.75) is 13.5 Å². The molecule has 0 aliphatic heterocycles. The molecule has 0 bridgehead atoms. The van der Waals surface area contributed by atoms with Crippen LogP contribution in [0.25, 0.3) is 17.1 Å². The van der Waals surface area contributed by atoms with E-state index in [1.165, 1.54) is 12.5 Å². The van der Waals surface area contributed by atoms with Gasteiger partial charge >= 0.3 is 0 Å². The van der Waals surface area contributed by atoms with Crippen LogP contribution in [0.5, 0.6) is 5.75 Å². The maximum absolute atomic E-state index is 12.3. The summed E-state index contributed by atoms with van der Waals surface area (Å²) in [6.07, 6.45) is 1.28. The molecule has 0 N–H and O–H groups in total. The Morgan fingerprint density at radius 2 is 2.00 bits per heavy atom. The topological polar surface area (TPSA) is 82.5 Å². The minimum absolute atomic E-state index is 0.117. The van der Waals surface area contributed by atoms with Crippen molar-refractivity contribution in [2.24, 2.45) is 0 Å². The number of benzene rings is 1. The van der Waals surface area contributed by atoms with Crippen LogP contribution in [0.3, 0.4) is 0 Å². The molecule has 0 aliphatic rings. The number of pyridine rings is 1. The number of aromatic nitrogens is 4. The molecule has 4 rings (SSSR count). The van der Waals surface area contributed by atoms with Gasteiger partial charge in [0.15, 0.2) is 0 Å². The zero-order valence-electron chi connectivity index (χ0n) is 13.4. The zero-order chi connectivity index (χ0) is 17.2. The minimum atomic E-state index is -0.117. The van der Waals surface area contributed by atoms with Gasteiger partial charge in [-0.3, -0.25) is 9.20 Å². The largest absolute Gasteiger partial charge is 0.487 e. The minimum Gasteiger partial charge on any atom is -0.487 e. The second-order valence-electron chi connectivity index (χ2n) is 5.50. The van der Waals surface area contributed by atoms with Gasteiger partial charge in [0.2, 0.25) is 12.3 Å². The second-order valence-corrected chi connectivity index (χ2v) is 5.50. The van der Waals surface area contributed by atoms with Crippen molar-refractivity contribution in [2.75, 3.05) is 0 Å².